The number of carbonyl (C=O) groups excluding carboxylic acids is 1. The van der Waals surface area contributed by atoms with Crippen molar-refractivity contribution in [3.05, 3.63) is 58.6 Å². The number of amides is 1. The molecule has 0 fully saturated rings. The van der Waals surface area contributed by atoms with Crippen molar-refractivity contribution in [2.75, 3.05) is 21.3 Å². The number of thiazole rings is 1. The Bertz CT molecular complexity index is 993. The maximum absolute atomic E-state index is 13.2. The van der Waals surface area contributed by atoms with Crippen molar-refractivity contribution in [1.29, 1.82) is 0 Å². The Balaban J connectivity index is 1.94. The number of carbonyl (C=O) groups is 1. The summed E-state index contributed by atoms with van der Waals surface area (Å²) < 4.78 is 12.0. The van der Waals surface area contributed by atoms with E-state index in [1.165, 1.54) is 0 Å². The average Bonchev–Trinajstić information content (AvgIpc) is 3.16. The zero-order valence-corrected chi connectivity index (χ0v) is 17.5. The summed E-state index contributed by atoms with van der Waals surface area (Å²) in [6.45, 7) is 3.91. The molecule has 1 aromatic heterocycles. The molecule has 1 amide bonds. The number of allylic oxidation sites excluding steroid dienone is 1. The van der Waals surface area contributed by atoms with Crippen molar-refractivity contribution in [1.82, 2.24) is 9.88 Å². The summed E-state index contributed by atoms with van der Waals surface area (Å²) in [5.74, 6) is 1.04. The van der Waals surface area contributed by atoms with Crippen LogP contribution >= 0.6 is 11.3 Å². The van der Waals surface area contributed by atoms with Gasteiger partial charge in [0.1, 0.15) is 5.01 Å². The fourth-order valence-corrected chi connectivity index (χ4v) is 4.10. The van der Waals surface area contributed by atoms with E-state index >= 15 is 0 Å². The molecule has 0 saturated carbocycles. The van der Waals surface area contributed by atoms with Crippen LogP contribution in [0.1, 0.15) is 40.8 Å². The predicted octanol–water partition coefficient (Wildman–Crippen LogP) is 5.18. The van der Waals surface area contributed by atoms with Gasteiger partial charge in [0.25, 0.3) is 5.91 Å². The van der Waals surface area contributed by atoms with E-state index in [1.54, 1.807) is 43.6 Å². The van der Waals surface area contributed by atoms with Gasteiger partial charge in [-0.25, -0.2) is 4.98 Å². The molecule has 3 aromatic rings. The summed E-state index contributed by atoms with van der Waals surface area (Å²) >= 11 is 1.61. The first-order valence-electron chi connectivity index (χ1n) is 9.01. The number of para-hydroxylation sites is 1. The van der Waals surface area contributed by atoms with Crippen molar-refractivity contribution >= 4 is 33.5 Å². The van der Waals surface area contributed by atoms with Crippen LogP contribution in [0.15, 0.2) is 42.5 Å². The van der Waals surface area contributed by atoms with Gasteiger partial charge in [-0.2, -0.15) is 0 Å². The maximum Gasteiger partial charge on any atom is 0.254 e. The zero-order valence-electron chi connectivity index (χ0n) is 16.7. The zero-order chi connectivity index (χ0) is 20.3. The van der Waals surface area contributed by atoms with Crippen LogP contribution < -0.4 is 9.47 Å². The van der Waals surface area contributed by atoms with E-state index in [1.807, 2.05) is 56.3 Å². The lowest BCUT2D eigenvalue weighted by Crippen LogP contribution is -2.29. The summed E-state index contributed by atoms with van der Waals surface area (Å²) in [6.07, 6.45) is 3.80. The van der Waals surface area contributed by atoms with Crippen molar-refractivity contribution in [2.45, 2.75) is 19.9 Å². The molecule has 0 bridgehead atoms. The third kappa shape index (κ3) is 3.73. The highest BCUT2D eigenvalue weighted by molar-refractivity contribution is 7.18. The first-order valence-corrected chi connectivity index (χ1v) is 9.83. The molecule has 1 unspecified atom stereocenters. The number of nitrogens with zero attached hydrogens (tertiary/aromatic N) is 2. The van der Waals surface area contributed by atoms with Gasteiger partial charge in [-0.15, -0.1) is 11.3 Å². The third-order valence-corrected chi connectivity index (χ3v) is 5.88. The molecule has 3 rings (SSSR count). The van der Waals surface area contributed by atoms with Crippen LogP contribution in [0.3, 0.4) is 0 Å². The number of benzene rings is 2. The number of aromatic nitrogens is 1. The van der Waals surface area contributed by atoms with Gasteiger partial charge in [-0.05, 0) is 38.1 Å². The molecule has 0 spiro atoms. The van der Waals surface area contributed by atoms with E-state index in [0.29, 0.717) is 17.1 Å². The van der Waals surface area contributed by atoms with Gasteiger partial charge in [0.2, 0.25) is 0 Å². The molecular formula is C22H24N2O3S. The summed E-state index contributed by atoms with van der Waals surface area (Å²) in [6, 6.07) is 11.4. The summed E-state index contributed by atoms with van der Waals surface area (Å²) in [4.78, 5) is 19.6. The normalized spacial score (nSPS) is 12.3. The molecule has 5 nitrogen and oxygen atoms in total. The van der Waals surface area contributed by atoms with Gasteiger partial charge in [0.15, 0.2) is 11.5 Å². The Hall–Kier alpha value is -2.86. The second-order valence-corrected chi connectivity index (χ2v) is 7.48. The summed E-state index contributed by atoms with van der Waals surface area (Å²) in [7, 11) is 4.96. The monoisotopic (exact) mass is 396 g/mol. The minimum Gasteiger partial charge on any atom is -0.493 e. The lowest BCUT2D eigenvalue weighted by atomic mass is 10.1. The molecule has 0 N–H and O–H groups in total. The standard InChI is InChI=1S/C22H24N2O3S/c1-6-9-15-12-16(13-18(26-4)20(15)27-5)22(25)24(3)14(2)21-23-17-10-7-8-11-19(17)28-21/h6-14H,1-5H3/b9-6+. The van der Waals surface area contributed by atoms with E-state index in [0.717, 1.165) is 20.8 Å². The molecule has 2 aromatic carbocycles. The highest BCUT2D eigenvalue weighted by Gasteiger charge is 2.24. The van der Waals surface area contributed by atoms with Crippen LogP contribution in [-0.2, 0) is 0 Å². The van der Waals surface area contributed by atoms with Crippen LogP contribution in [0.2, 0.25) is 0 Å². The topological polar surface area (TPSA) is 51.7 Å². The Morgan fingerprint density at radius 1 is 1.21 bits per heavy atom. The Morgan fingerprint density at radius 3 is 2.61 bits per heavy atom. The van der Waals surface area contributed by atoms with Crippen molar-refractivity contribution < 1.29 is 14.3 Å². The van der Waals surface area contributed by atoms with Gasteiger partial charge >= 0.3 is 0 Å². The summed E-state index contributed by atoms with van der Waals surface area (Å²) in [5, 5.41) is 0.909. The van der Waals surface area contributed by atoms with Gasteiger partial charge in [-0.1, -0.05) is 24.3 Å². The van der Waals surface area contributed by atoms with Gasteiger partial charge < -0.3 is 14.4 Å². The minimum atomic E-state index is -0.150. The number of hydrogen-bond acceptors (Lipinski definition) is 5. The Morgan fingerprint density at radius 2 is 1.96 bits per heavy atom. The van der Waals surface area contributed by atoms with Crippen LogP contribution in [0.4, 0.5) is 0 Å². The van der Waals surface area contributed by atoms with Crippen molar-refractivity contribution in [3.8, 4) is 11.5 Å². The van der Waals surface area contributed by atoms with E-state index in [2.05, 4.69) is 4.98 Å². The molecule has 0 aliphatic heterocycles. The molecule has 0 aliphatic carbocycles. The number of fused-ring (bicyclic) bond motifs is 1. The SMILES string of the molecule is C/C=C/c1cc(C(=O)N(C)C(C)c2nc3ccccc3s2)cc(OC)c1OC. The molecule has 1 atom stereocenters. The largest absolute Gasteiger partial charge is 0.493 e. The Labute approximate surface area is 169 Å². The second-order valence-electron chi connectivity index (χ2n) is 6.41. The van der Waals surface area contributed by atoms with E-state index in [9.17, 15) is 4.79 Å². The van der Waals surface area contributed by atoms with E-state index in [4.69, 9.17) is 9.47 Å². The van der Waals surface area contributed by atoms with Crippen LogP contribution in [0.5, 0.6) is 11.5 Å². The van der Waals surface area contributed by atoms with E-state index < -0.39 is 0 Å². The quantitative estimate of drug-likeness (QED) is 0.576. The van der Waals surface area contributed by atoms with Crippen molar-refractivity contribution in [3.63, 3.8) is 0 Å². The summed E-state index contributed by atoms with van der Waals surface area (Å²) in [5.41, 5.74) is 2.30. The molecule has 146 valence electrons. The van der Waals surface area contributed by atoms with Crippen molar-refractivity contribution in [2.24, 2.45) is 0 Å². The Kier molecular flexibility index (Phi) is 5.99. The first-order chi connectivity index (χ1) is 13.5. The number of ether oxygens (including phenoxy) is 2. The highest BCUT2D eigenvalue weighted by atomic mass is 32.1. The lowest BCUT2D eigenvalue weighted by Gasteiger charge is -2.24. The number of methoxy groups -OCH3 is 2. The minimum absolute atomic E-state index is 0.0986. The molecular weight excluding hydrogens is 372 g/mol. The van der Waals surface area contributed by atoms with Crippen LogP contribution in [0, 0.1) is 0 Å². The van der Waals surface area contributed by atoms with Gasteiger partial charge in [0.05, 0.1) is 30.5 Å². The van der Waals surface area contributed by atoms with Gasteiger partial charge in [-0.3, -0.25) is 4.79 Å². The predicted molar refractivity (Wildman–Crippen MR) is 114 cm³/mol. The second kappa shape index (κ2) is 8.44. The van der Waals surface area contributed by atoms with Crippen LogP contribution in [-0.4, -0.2) is 37.1 Å². The molecule has 0 radical (unpaired) electrons. The number of rotatable bonds is 6. The molecule has 0 saturated heterocycles. The molecule has 28 heavy (non-hydrogen) atoms. The maximum atomic E-state index is 13.2. The molecule has 6 heteroatoms. The average molecular weight is 397 g/mol. The fourth-order valence-electron chi connectivity index (χ4n) is 3.03. The molecule has 1 heterocycles. The van der Waals surface area contributed by atoms with E-state index in [-0.39, 0.29) is 11.9 Å². The highest BCUT2D eigenvalue weighted by Crippen LogP contribution is 2.35. The smallest absolute Gasteiger partial charge is 0.254 e. The molecule has 0 aliphatic rings. The van der Waals surface area contributed by atoms with Gasteiger partial charge in [0, 0.05) is 18.2 Å². The fraction of sp³-hybridized carbons (Fsp3) is 0.273. The third-order valence-electron chi connectivity index (χ3n) is 4.67. The lowest BCUT2D eigenvalue weighted by molar-refractivity contribution is 0.0742. The first kappa shape index (κ1) is 19.9. The number of hydrogen-bond donors (Lipinski definition) is 0. The van der Waals surface area contributed by atoms with Crippen LogP contribution in [0.25, 0.3) is 16.3 Å².